The van der Waals surface area contributed by atoms with Gasteiger partial charge in [-0.2, -0.15) is 0 Å². The van der Waals surface area contributed by atoms with E-state index in [1.807, 2.05) is 56.3 Å². The summed E-state index contributed by atoms with van der Waals surface area (Å²) < 4.78 is 11.5. The Morgan fingerprint density at radius 3 is 2.56 bits per heavy atom. The Morgan fingerprint density at radius 2 is 1.81 bits per heavy atom. The zero-order valence-electron chi connectivity index (χ0n) is 18.4. The summed E-state index contributed by atoms with van der Waals surface area (Å²) in [5.41, 5.74) is 3.98. The lowest BCUT2D eigenvalue weighted by Crippen LogP contribution is -2.46. The summed E-state index contributed by atoms with van der Waals surface area (Å²) in [6, 6.07) is 20.4. The molecule has 0 saturated heterocycles. The molecule has 1 atom stereocenters. The normalized spacial score (nSPS) is 15.0. The molecule has 1 N–H and O–H groups in total. The average molecular weight is 431 g/mol. The summed E-state index contributed by atoms with van der Waals surface area (Å²) in [5, 5.41) is 2.92. The molecule has 32 heavy (non-hydrogen) atoms. The molecule has 6 heteroatoms. The Hall–Kier alpha value is -3.80. The first kappa shape index (κ1) is 21.4. The zero-order chi connectivity index (χ0) is 22.7. The number of nitrogens with one attached hydrogen (secondary N) is 1. The van der Waals surface area contributed by atoms with E-state index >= 15 is 0 Å². The molecule has 3 aromatic carbocycles. The molecule has 0 fully saturated rings. The van der Waals surface area contributed by atoms with Gasteiger partial charge in [-0.1, -0.05) is 24.3 Å². The van der Waals surface area contributed by atoms with E-state index in [1.165, 1.54) is 0 Å². The van der Waals surface area contributed by atoms with Gasteiger partial charge in [0.2, 0.25) is 0 Å². The van der Waals surface area contributed by atoms with E-state index in [9.17, 15) is 9.59 Å². The van der Waals surface area contributed by atoms with E-state index in [0.29, 0.717) is 35.8 Å². The fourth-order valence-electron chi connectivity index (χ4n) is 3.57. The van der Waals surface area contributed by atoms with E-state index < -0.39 is 6.10 Å². The molecule has 0 spiro atoms. The van der Waals surface area contributed by atoms with Crippen molar-refractivity contribution in [2.45, 2.75) is 26.9 Å². The molecule has 0 saturated carbocycles. The number of carbonyl (C=O) groups is 2. The van der Waals surface area contributed by atoms with Crippen LogP contribution in [0.5, 0.6) is 11.5 Å². The highest BCUT2D eigenvalue weighted by molar-refractivity contribution is 6.06. The van der Waals surface area contributed by atoms with Gasteiger partial charge >= 0.3 is 0 Å². The van der Waals surface area contributed by atoms with Crippen LogP contribution < -0.4 is 19.7 Å². The number of rotatable bonds is 6. The second-order valence-corrected chi connectivity index (χ2v) is 7.85. The summed E-state index contributed by atoms with van der Waals surface area (Å²) >= 11 is 0. The Kier molecular flexibility index (Phi) is 6.12. The molecule has 4 rings (SSSR count). The molecule has 0 aliphatic carbocycles. The lowest BCUT2D eigenvalue weighted by atomic mass is 10.1. The zero-order valence-corrected chi connectivity index (χ0v) is 18.4. The largest absolute Gasteiger partial charge is 0.492 e. The average Bonchev–Trinajstić information content (AvgIpc) is 2.79. The minimum atomic E-state index is -0.588. The molecule has 0 bridgehead atoms. The predicted octanol–water partition coefficient (Wildman–Crippen LogP) is 4.75. The van der Waals surface area contributed by atoms with Crippen LogP contribution in [0, 0.1) is 13.8 Å². The quantitative estimate of drug-likeness (QED) is 0.613. The molecule has 6 nitrogen and oxygen atoms in total. The van der Waals surface area contributed by atoms with Gasteiger partial charge in [-0.3, -0.25) is 9.59 Å². The third kappa shape index (κ3) is 4.59. The van der Waals surface area contributed by atoms with E-state index in [1.54, 1.807) is 36.1 Å². The highest BCUT2D eigenvalue weighted by Crippen LogP contribution is 2.36. The first-order valence-corrected chi connectivity index (χ1v) is 10.6. The Morgan fingerprint density at radius 1 is 1.03 bits per heavy atom. The third-order valence-electron chi connectivity index (χ3n) is 5.52. The van der Waals surface area contributed by atoms with Crippen molar-refractivity contribution in [3.63, 3.8) is 0 Å². The monoisotopic (exact) mass is 430 g/mol. The van der Waals surface area contributed by atoms with Gasteiger partial charge in [0.05, 0.1) is 12.2 Å². The van der Waals surface area contributed by atoms with Crippen molar-refractivity contribution in [3.8, 4) is 11.5 Å². The lowest BCUT2D eigenvalue weighted by Gasteiger charge is -2.33. The number of anilines is 2. The summed E-state index contributed by atoms with van der Waals surface area (Å²) in [4.78, 5) is 27.2. The number of nitrogens with zero attached hydrogens (tertiary/aromatic N) is 1. The SMILES string of the molecule is Cc1ccc(C(=O)Nc2ccc3c(c2)N(CCOc2ccccc2)C(=O)C(C)O3)cc1C. The number of para-hydroxylation sites is 1. The Balaban J connectivity index is 1.52. The summed E-state index contributed by atoms with van der Waals surface area (Å²) in [7, 11) is 0. The molecule has 1 aliphatic heterocycles. The number of fused-ring (bicyclic) bond motifs is 1. The van der Waals surface area contributed by atoms with Crippen LogP contribution in [-0.2, 0) is 4.79 Å². The molecule has 2 amide bonds. The van der Waals surface area contributed by atoms with E-state index in [4.69, 9.17) is 9.47 Å². The van der Waals surface area contributed by atoms with Crippen molar-refractivity contribution in [3.05, 3.63) is 83.4 Å². The highest BCUT2D eigenvalue weighted by Gasteiger charge is 2.31. The Labute approximate surface area is 187 Å². The number of hydrogen-bond acceptors (Lipinski definition) is 4. The van der Waals surface area contributed by atoms with Crippen molar-refractivity contribution in [2.24, 2.45) is 0 Å². The maximum absolute atomic E-state index is 12.8. The van der Waals surface area contributed by atoms with Crippen LogP contribution in [0.25, 0.3) is 0 Å². The van der Waals surface area contributed by atoms with Gasteiger partial charge in [0.1, 0.15) is 18.1 Å². The van der Waals surface area contributed by atoms with Gasteiger partial charge in [0, 0.05) is 11.3 Å². The number of aryl methyl sites for hydroxylation is 2. The molecule has 1 unspecified atom stereocenters. The molecular formula is C26H26N2O4. The first-order chi connectivity index (χ1) is 15.4. The molecular weight excluding hydrogens is 404 g/mol. The first-order valence-electron chi connectivity index (χ1n) is 10.6. The molecule has 0 aromatic heterocycles. The minimum absolute atomic E-state index is 0.146. The van der Waals surface area contributed by atoms with Crippen molar-refractivity contribution < 1.29 is 19.1 Å². The molecule has 1 aliphatic rings. The molecule has 0 radical (unpaired) electrons. The topological polar surface area (TPSA) is 67.9 Å². The summed E-state index contributed by atoms with van der Waals surface area (Å²) in [6.07, 6.45) is -0.588. The third-order valence-corrected chi connectivity index (χ3v) is 5.52. The number of ether oxygens (including phenoxy) is 2. The van der Waals surface area contributed by atoms with Gasteiger partial charge in [-0.15, -0.1) is 0 Å². The summed E-state index contributed by atoms with van der Waals surface area (Å²) in [6.45, 7) is 6.41. The highest BCUT2D eigenvalue weighted by atomic mass is 16.5. The fourth-order valence-corrected chi connectivity index (χ4v) is 3.57. The van der Waals surface area contributed by atoms with Crippen LogP contribution in [0.1, 0.15) is 28.4 Å². The molecule has 3 aromatic rings. The second kappa shape index (κ2) is 9.14. The van der Waals surface area contributed by atoms with Crippen LogP contribution in [0.4, 0.5) is 11.4 Å². The van der Waals surface area contributed by atoms with Crippen LogP contribution in [0.15, 0.2) is 66.7 Å². The predicted molar refractivity (Wildman–Crippen MR) is 125 cm³/mol. The van der Waals surface area contributed by atoms with Gasteiger partial charge < -0.3 is 19.7 Å². The van der Waals surface area contributed by atoms with Crippen LogP contribution in [-0.4, -0.2) is 31.1 Å². The number of carbonyl (C=O) groups excluding carboxylic acids is 2. The second-order valence-electron chi connectivity index (χ2n) is 7.85. The maximum atomic E-state index is 12.8. The lowest BCUT2D eigenvalue weighted by molar-refractivity contribution is -0.125. The fraction of sp³-hybridized carbons (Fsp3) is 0.231. The van der Waals surface area contributed by atoms with Gasteiger partial charge in [-0.05, 0) is 74.4 Å². The van der Waals surface area contributed by atoms with Crippen molar-refractivity contribution in [1.82, 2.24) is 0 Å². The molecule has 164 valence electrons. The van der Waals surface area contributed by atoms with Crippen LogP contribution in [0.2, 0.25) is 0 Å². The standard InChI is InChI=1S/C26H26N2O4/c1-17-9-10-20(15-18(17)2)25(29)27-21-11-12-24-23(16-21)28(26(30)19(3)32-24)13-14-31-22-7-5-4-6-8-22/h4-12,15-16,19H,13-14H2,1-3H3,(H,27,29). The maximum Gasteiger partial charge on any atom is 0.267 e. The number of benzene rings is 3. The number of amides is 2. The van der Waals surface area contributed by atoms with Crippen LogP contribution in [0.3, 0.4) is 0 Å². The van der Waals surface area contributed by atoms with Gasteiger partial charge in [-0.25, -0.2) is 0 Å². The number of hydrogen-bond donors (Lipinski definition) is 1. The molecule has 1 heterocycles. The van der Waals surface area contributed by atoms with Gasteiger partial charge in [0.15, 0.2) is 6.10 Å². The van der Waals surface area contributed by atoms with Crippen LogP contribution >= 0.6 is 0 Å². The summed E-state index contributed by atoms with van der Waals surface area (Å²) in [5.74, 6) is 0.993. The van der Waals surface area contributed by atoms with Gasteiger partial charge in [0.25, 0.3) is 11.8 Å². The van der Waals surface area contributed by atoms with Crippen molar-refractivity contribution in [2.75, 3.05) is 23.4 Å². The van der Waals surface area contributed by atoms with Crippen molar-refractivity contribution >= 4 is 23.2 Å². The minimum Gasteiger partial charge on any atom is -0.492 e. The Bertz CT molecular complexity index is 1140. The van der Waals surface area contributed by atoms with E-state index in [2.05, 4.69) is 5.32 Å². The van der Waals surface area contributed by atoms with Crippen molar-refractivity contribution in [1.29, 1.82) is 0 Å². The van der Waals surface area contributed by atoms with E-state index in [-0.39, 0.29) is 11.8 Å². The smallest absolute Gasteiger partial charge is 0.267 e. The van der Waals surface area contributed by atoms with E-state index in [0.717, 1.165) is 16.9 Å².